The minimum absolute atomic E-state index is 0. The van der Waals surface area contributed by atoms with E-state index in [-0.39, 0.29) is 86.8 Å². The van der Waals surface area contributed by atoms with Gasteiger partial charge in [0.15, 0.2) is 0 Å². The molecule has 0 radical (unpaired) electrons. The smallest absolute Gasteiger partial charge is 0.00882 e. The van der Waals surface area contributed by atoms with Crippen LogP contribution in [0, 0.1) is 0 Å². The first-order chi connectivity index (χ1) is 4.47. The molecule has 16 heavy (non-hydrogen) atoms. The summed E-state index contributed by atoms with van der Waals surface area (Å²) < 4.78 is 0. The fourth-order valence-electron chi connectivity index (χ4n) is 1.20. The molecule has 1 aliphatic carbocycles. The number of fused-ring (bicyclic) bond motifs is 1. The lowest BCUT2D eigenvalue weighted by molar-refractivity contribution is 1.31. The van der Waals surface area contributed by atoms with Crippen LogP contribution >= 0.6 is 86.8 Å². The number of benzene rings is 1. The van der Waals surface area contributed by atoms with Crippen LogP contribution in [0.1, 0.15) is 11.1 Å². The van der Waals surface area contributed by atoms with Crippen LogP contribution in [0.5, 0.6) is 0 Å². The number of hydrogen-bond acceptors (Lipinski definition) is 0. The monoisotopic (exact) mass is 368 g/mol. The molecule has 0 spiro atoms. The zero-order valence-electron chi connectivity index (χ0n) is 8.03. The van der Waals surface area contributed by atoms with Gasteiger partial charge in [-0.1, -0.05) is 36.4 Å². The Hall–Kier alpha value is 0.990. The highest BCUT2D eigenvalue weighted by molar-refractivity contribution is 5.86. The van der Waals surface area contributed by atoms with Crippen molar-refractivity contribution in [3.63, 3.8) is 0 Å². The third kappa shape index (κ3) is 9.07. The summed E-state index contributed by atoms with van der Waals surface area (Å²) in [5, 5.41) is 0. The molecule has 0 aliphatic heterocycles. The lowest BCUT2D eigenvalue weighted by Gasteiger charge is -1.93. The second-order valence-electron chi connectivity index (χ2n) is 2.31. The summed E-state index contributed by atoms with van der Waals surface area (Å²) in [7, 11) is 0. The second-order valence-corrected chi connectivity index (χ2v) is 2.31. The summed E-state index contributed by atoms with van der Waals surface area (Å²) in [6.45, 7) is 0. The van der Waals surface area contributed by atoms with E-state index in [1.54, 1.807) is 0 Å². The van der Waals surface area contributed by atoms with Crippen LogP contribution in [0.4, 0.5) is 0 Å². The summed E-state index contributed by atoms with van der Waals surface area (Å²) in [6, 6.07) is 8.49. The van der Waals surface area contributed by atoms with Crippen LogP contribution < -0.4 is 0 Å². The molecular formula is C9H15Cl7. The van der Waals surface area contributed by atoms with E-state index in [1.807, 2.05) is 0 Å². The average Bonchev–Trinajstić information content (AvgIpc) is 2.33. The van der Waals surface area contributed by atoms with Gasteiger partial charge in [0, 0.05) is 0 Å². The van der Waals surface area contributed by atoms with Gasteiger partial charge < -0.3 is 0 Å². The molecule has 0 saturated carbocycles. The fourth-order valence-corrected chi connectivity index (χ4v) is 1.20. The summed E-state index contributed by atoms with van der Waals surface area (Å²) >= 11 is 0. The van der Waals surface area contributed by atoms with E-state index < -0.39 is 0 Å². The number of allylic oxidation sites excluding steroid dienone is 1. The van der Waals surface area contributed by atoms with Gasteiger partial charge >= 0.3 is 0 Å². The van der Waals surface area contributed by atoms with E-state index in [4.69, 9.17) is 0 Å². The molecular weight excluding hydrogens is 356 g/mol. The van der Waals surface area contributed by atoms with Crippen LogP contribution in [0.25, 0.3) is 6.08 Å². The van der Waals surface area contributed by atoms with Crippen LogP contribution in [0.3, 0.4) is 0 Å². The molecule has 2 rings (SSSR count). The van der Waals surface area contributed by atoms with Gasteiger partial charge in [0.25, 0.3) is 0 Å². The van der Waals surface area contributed by atoms with Crippen molar-refractivity contribution in [3.8, 4) is 0 Å². The van der Waals surface area contributed by atoms with Gasteiger partial charge in [-0.15, -0.1) is 86.8 Å². The van der Waals surface area contributed by atoms with Crippen LogP contribution in [-0.4, -0.2) is 0 Å². The van der Waals surface area contributed by atoms with Crippen molar-refractivity contribution in [2.45, 2.75) is 6.42 Å². The molecule has 0 amide bonds. The molecule has 0 saturated heterocycles. The van der Waals surface area contributed by atoms with Gasteiger partial charge in [-0.2, -0.15) is 0 Å². The van der Waals surface area contributed by atoms with Crippen molar-refractivity contribution in [2.24, 2.45) is 0 Å². The number of hydrogen-bond donors (Lipinski definition) is 0. The number of halogens is 7. The Morgan fingerprint density at radius 3 is 1.69 bits per heavy atom. The average molecular weight is 371 g/mol. The zero-order valence-corrected chi connectivity index (χ0v) is 13.7. The zero-order chi connectivity index (χ0) is 6.10. The maximum Gasteiger partial charge on any atom is -0.00882 e. The van der Waals surface area contributed by atoms with Gasteiger partial charge in [-0.25, -0.2) is 0 Å². The normalized spacial score (nSPS) is 7.75. The predicted octanol–water partition coefficient (Wildman–Crippen LogP) is 5.21. The Morgan fingerprint density at radius 2 is 1.19 bits per heavy atom. The van der Waals surface area contributed by atoms with Crippen molar-refractivity contribution in [1.82, 2.24) is 0 Å². The summed E-state index contributed by atoms with van der Waals surface area (Å²) in [5.41, 5.74) is 2.84. The summed E-state index contributed by atoms with van der Waals surface area (Å²) in [6.07, 6.45) is 5.50. The first-order valence-electron chi connectivity index (χ1n) is 3.21. The lowest BCUT2D eigenvalue weighted by Crippen LogP contribution is -1.76. The van der Waals surface area contributed by atoms with Crippen molar-refractivity contribution >= 4 is 92.9 Å². The van der Waals surface area contributed by atoms with Crippen molar-refractivity contribution < 1.29 is 0 Å². The molecule has 1 aromatic carbocycles. The molecule has 1 aromatic rings. The van der Waals surface area contributed by atoms with Crippen molar-refractivity contribution in [2.75, 3.05) is 0 Å². The van der Waals surface area contributed by atoms with Crippen LogP contribution in [0.2, 0.25) is 0 Å². The van der Waals surface area contributed by atoms with Gasteiger partial charge in [0.05, 0.1) is 0 Å². The Bertz CT molecular complexity index is 262. The molecule has 1 aliphatic rings. The summed E-state index contributed by atoms with van der Waals surface area (Å²) in [5.74, 6) is 0. The Balaban J connectivity index is -0.0000000357. The first kappa shape index (κ1) is 36.0. The number of rotatable bonds is 0. The molecule has 7 heteroatoms. The Labute approximate surface area is 140 Å². The van der Waals surface area contributed by atoms with Gasteiger partial charge in [-0.3, -0.25) is 0 Å². The van der Waals surface area contributed by atoms with E-state index in [0.717, 1.165) is 6.42 Å². The second kappa shape index (κ2) is 18.4. The molecule has 0 N–H and O–H groups in total. The highest BCUT2D eigenvalue weighted by Gasteiger charge is 2.00. The maximum atomic E-state index is 2.20. The summed E-state index contributed by atoms with van der Waals surface area (Å²) in [4.78, 5) is 0. The highest BCUT2D eigenvalue weighted by Crippen LogP contribution is 2.17. The standard InChI is InChI=1S/C9H8.7ClH/c1-2-5-9-7-3-6-8(9)4-1;;;;;;;/h1-6H,7H2;7*1H. The first-order valence-corrected chi connectivity index (χ1v) is 3.21. The van der Waals surface area contributed by atoms with Gasteiger partial charge in [-0.05, 0) is 17.5 Å². The fraction of sp³-hybridized carbons (Fsp3) is 0.111. The molecule has 0 unspecified atom stereocenters. The van der Waals surface area contributed by atoms with Crippen LogP contribution in [0.15, 0.2) is 30.3 Å². The van der Waals surface area contributed by atoms with E-state index in [1.165, 1.54) is 11.1 Å². The van der Waals surface area contributed by atoms with Crippen LogP contribution in [-0.2, 0) is 6.42 Å². The van der Waals surface area contributed by atoms with Gasteiger partial charge in [0.1, 0.15) is 0 Å². The highest BCUT2D eigenvalue weighted by atomic mass is 35.5. The van der Waals surface area contributed by atoms with Gasteiger partial charge in [0.2, 0.25) is 0 Å². The van der Waals surface area contributed by atoms with E-state index in [2.05, 4.69) is 36.4 Å². The predicted molar refractivity (Wildman–Crippen MR) is 89.9 cm³/mol. The van der Waals surface area contributed by atoms with E-state index in [9.17, 15) is 0 Å². The van der Waals surface area contributed by atoms with E-state index in [0.29, 0.717) is 0 Å². The van der Waals surface area contributed by atoms with Crippen molar-refractivity contribution in [1.29, 1.82) is 0 Å². The minimum Gasteiger partial charge on any atom is -0.147 e. The Kier molecular flexibility index (Phi) is 41.3. The molecule has 0 fully saturated rings. The third-order valence-electron chi connectivity index (χ3n) is 1.69. The van der Waals surface area contributed by atoms with Crippen molar-refractivity contribution in [3.05, 3.63) is 41.5 Å². The molecule has 0 nitrogen and oxygen atoms in total. The quantitative estimate of drug-likeness (QED) is 0.587. The van der Waals surface area contributed by atoms with E-state index >= 15 is 0 Å². The molecule has 0 aromatic heterocycles. The Morgan fingerprint density at radius 1 is 0.688 bits per heavy atom. The minimum atomic E-state index is 0. The topological polar surface area (TPSA) is 0 Å². The molecule has 0 heterocycles. The largest absolute Gasteiger partial charge is 0.147 e. The maximum absolute atomic E-state index is 2.20. The molecule has 0 bridgehead atoms. The third-order valence-corrected chi connectivity index (χ3v) is 1.69. The lowest BCUT2D eigenvalue weighted by atomic mass is 10.1. The molecule has 0 atom stereocenters. The SMILES string of the molecule is C1=Cc2ccccc2C1.Cl.Cl.Cl.Cl.Cl.Cl.Cl. The molecule has 100 valence electrons.